The van der Waals surface area contributed by atoms with Gasteiger partial charge in [-0.15, -0.1) is 0 Å². The zero-order chi connectivity index (χ0) is 22.8. The van der Waals surface area contributed by atoms with Gasteiger partial charge in [0.25, 0.3) is 11.6 Å². The van der Waals surface area contributed by atoms with Gasteiger partial charge in [0.2, 0.25) is 0 Å². The van der Waals surface area contributed by atoms with Gasteiger partial charge < -0.3 is 19.0 Å². The van der Waals surface area contributed by atoms with Crippen LogP contribution in [-0.4, -0.2) is 59.8 Å². The predicted octanol–water partition coefficient (Wildman–Crippen LogP) is 3.88. The van der Waals surface area contributed by atoms with Crippen LogP contribution in [0.4, 0.5) is 0 Å². The second-order valence-corrected chi connectivity index (χ2v) is 8.97. The molecule has 0 aromatic carbocycles. The fourth-order valence-corrected chi connectivity index (χ4v) is 4.45. The normalized spacial score (nSPS) is 16.1. The Morgan fingerprint density at radius 2 is 1.94 bits per heavy atom. The molecule has 172 valence electrons. The van der Waals surface area contributed by atoms with Crippen LogP contribution in [0.3, 0.4) is 0 Å². The quantitative estimate of drug-likeness (QED) is 0.596. The molecule has 0 saturated carbocycles. The molecular weight excluding hydrogens is 408 g/mol. The van der Waals surface area contributed by atoms with E-state index in [1.165, 1.54) is 0 Å². The summed E-state index contributed by atoms with van der Waals surface area (Å²) in [6.45, 7) is 13.9. The molecule has 0 aliphatic carbocycles. The number of ether oxygens (including phenoxy) is 1. The molecule has 8 heteroatoms. The minimum atomic E-state index is -0.148. The first kappa shape index (κ1) is 22.5. The lowest BCUT2D eigenvalue weighted by molar-refractivity contribution is 0.0124. The maximum Gasteiger partial charge on any atom is 0.259 e. The summed E-state index contributed by atoms with van der Waals surface area (Å²) in [5, 5.41) is 7.86. The highest BCUT2D eigenvalue weighted by Gasteiger charge is 2.25. The monoisotopic (exact) mass is 440 g/mol. The third-order valence-electron chi connectivity index (χ3n) is 5.98. The molecule has 0 spiro atoms. The summed E-state index contributed by atoms with van der Waals surface area (Å²) >= 11 is 0. The number of pyridine rings is 1. The van der Waals surface area contributed by atoms with Gasteiger partial charge in [-0.05, 0) is 45.2 Å². The average Bonchev–Trinajstić information content (AvgIpc) is 3.31. The van der Waals surface area contributed by atoms with Crippen molar-refractivity contribution in [3.63, 3.8) is 0 Å². The number of furan rings is 1. The molecule has 4 heterocycles. The van der Waals surface area contributed by atoms with E-state index < -0.39 is 0 Å². The molecule has 1 N–H and O–H groups in total. The van der Waals surface area contributed by atoms with Crippen molar-refractivity contribution in [2.45, 2.75) is 47.1 Å². The fourth-order valence-electron chi connectivity index (χ4n) is 4.45. The Hall–Kier alpha value is -2.71. The highest BCUT2D eigenvalue weighted by Crippen LogP contribution is 2.30. The van der Waals surface area contributed by atoms with E-state index in [1.54, 1.807) is 0 Å². The molecular formula is C24H32N4O4. The third kappa shape index (κ3) is 4.71. The standard InChI is InChI=1S/C24H32N4O4/c1-14(2)10-18(28-6-8-30-9-7-28)13-25-23(29)20-12-21(19-11-15(3)31-17(19)5)26-24-22(20)16(4)27-32-24/h11-12,14,18H,6-10,13H2,1-5H3,(H,25,29). The van der Waals surface area contributed by atoms with E-state index in [2.05, 4.69) is 34.2 Å². The molecule has 3 aromatic rings. The van der Waals surface area contributed by atoms with Gasteiger partial charge in [-0.2, -0.15) is 0 Å². The molecule has 4 rings (SSSR count). The van der Waals surface area contributed by atoms with E-state index in [1.807, 2.05) is 32.9 Å². The van der Waals surface area contributed by atoms with Crippen molar-refractivity contribution in [2.24, 2.45) is 5.92 Å². The van der Waals surface area contributed by atoms with Crippen LogP contribution >= 0.6 is 0 Å². The Kier molecular flexibility index (Phi) is 6.62. The second kappa shape index (κ2) is 9.42. The van der Waals surface area contributed by atoms with Gasteiger partial charge in [-0.3, -0.25) is 9.69 Å². The van der Waals surface area contributed by atoms with Crippen LogP contribution in [-0.2, 0) is 4.74 Å². The molecule has 1 atom stereocenters. The lowest BCUT2D eigenvalue weighted by atomic mass is 10.0. The van der Waals surface area contributed by atoms with Crippen LogP contribution in [0.2, 0.25) is 0 Å². The summed E-state index contributed by atoms with van der Waals surface area (Å²) in [7, 11) is 0. The van der Waals surface area contributed by atoms with Gasteiger partial charge in [-0.1, -0.05) is 19.0 Å². The number of nitrogens with one attached hydrogen (secondary N) is 1. The largest absolute Gasteiger partial charge is 0.466 e. The van der Waals surface area contributed by atoms with Crippen molar-refractivity contribution >= 4 is 17.0 Å². The van der Waals surface area contributed by atoms with E-state index in [0.29, 0.717) is 40.5 Å². The molecule has 32 heavy (non-hydrogen) atoms. The average molecular weight is 441 g/mol. The second-order valence-electron chi connectivity index (χ2n) is 8.97. The number of amides is 1. The molecule has 1 unspecified atom stereocenters. The van der Waals surface area contributed by atoms with E-state index in [0.717, 1.165) is 49.8 Å². The summed E-state index contributed by atoms with van der Waals surface area (Å²) < 4.78 is 16.6. The van der Waals surface area contributed by atoms with Crippen LogP contribution in [0.1, 0.15) is 47.8 Å². The minimum absolute atomic E-state index is 0.148. The van der Waals surface area contributed by atoms with Gasteiger partial charge >= 0.3 is 0 Å². The molecule has 1 fully saturated rings. The van der Waals surface area contributed by atoms with Crippen LogP contribution in [0, 0.1) is 26.7 Å². The third-order valence-corrected chi connectivity index (χ3v) is 5.98. The molecule has 1 aliphatic heterocycles. The summed E-state index contributed by atoms with van der Waals surface area (Å²) in [5.74, 6) is 1.93. The van der Waals surface area contributed by atoms with Crippen LogP contribution in [0.25, 0.3) is 22.4 Å². The van der Waals surface area contributed by atoms with Crippen molar-refractivity contribution in [3.05, 3.63) is 34.9 Å². The maximum atomic E-state index is 13.4. The predicted molar refractivity (Wildman–Crippen MR) is 122 cm³/mol. The van der Waals surface area contributed by atoms with Crippen molar-refractivity contribution in [2.75, 3.05) is 32.8 Å². The van der Waals surface area contributed by atoms with Crippen molar-refractivity contribution in [1.82, 2.24) is 20.4 Å². The Balaban J connectivity index is 1.62. The number of aryl methyl sites for hydroxylation is 3. The van der Waals surface area contributed by atoms with Gasteiger partial charge in [0, 0.05) is 31.2 Å². The zero-order valence-electron chi connectivity index (χ0n) is 19.5. The summed E-state index contributed by atoms with van der Waals surface area (Å²) in [6.07, 6.45) is 1.01. The fraction of sp³-hybridized carbons (Fsp3) is 0.542. The first-order valence-corrected chi connectivity index (χ1v) is 11.3. The number of fused-ring (bicyclic) bond motifs is 1. The van der Waals surface area contributed by atoms with E-state index in [-0.39, 0.29) is 11.9 Å². The summed E-state index contributed by atoms with van der Waals surface area (Å²) in [4.78, 5) is 20.4. The summed E-state index contributed by atoms with van der Waals surface area (Å²) in [6, 6.07) is 4.00. The Labute approximate surface area is 188 Å². The van der Waals surface area contributed by atoms with E-state index >= 15 is 0 Å². The van der Waals surface area contributed by atoms with Gasteiger partial charge in [0.05, 0.1) is 35.6 Å². The number of rotatable bonds is 7. The van der Waals surface area contributed by atoms with Gasteiger partial charge in [0.15, 0.2) is 0 Å². The number of aromatic nitrogens is 2. The van der Waals surface area contributed by atoms with Gasteiger partial charge in [0.1, 0.15) is 11.5 Å². The lowest BCUT2D eigenvalue weighted by Crippen LogP contribution is -2.49. The van der Waals surface area contributed by atoms with Crippen LogP contribution in [0.15, 0.2) is 21.1 Å². The Morgan fingerprint density at radius 1 is 1.19 bits per heavy atom. The number of morpholine rings is 1. The highest BCUT2D eigenvalue weighted by molar-refractivity contribution is 6.07. The molecule has 1 saturated heterocycles. The van der Waals surface area contributed by atoms with Crippen molar-refractivity contribution < 1.29 is 18.5 Å². The van der Waals surface area contributed by atoms with Gasteiger partial charge in [-0.25, -0.2) is 4.98 Å². The molecule has 8 nitrogen and oxygen atoms in total. The van der Waals surface area contributed by atoms with E-state index in [4.69, 9.17) is 13.7 Å². The maximum absolute atomic E-state index is 13.4. The smallest absolute Gasteiger partial charge is 0.259 e. The molecule has 1 aliphatic rings. The topological polar surface area (TPSA) is 93.6 Å². The number of hydrogen-bond donors (Lipinski definition) is 1. The molecule has 3 aromatic heterocycles. The zero-order valence-corrected chi connectivity index (χ0v) is 19.5. The van der Waals surface area contributed by atoms with E-state index in [9.17, 15) is 4.79 Å². The number of carbonyl (C=O) groups is 1. The Bertz CT molecular complexity index is 1100. The number of nitrogens with zero attached hydrogens (tertiary/aromatic N) is 3. The molecule has 0 bridgehead atoms. The minimum Gasteiger partial charge on any atom is -0.466 e. The van der Waals surface area contributed by atoms with Crippen molar-refractivity contribution in [3.8, 4) is 11.3 Å². The highest BCUT2D eigenvalue weighted by atomic mass is 16.5. The Morgan fingerprint density at radius 3 is 2.59 bits per heavy atom. The van der Waals surface area contributed by atoms with Crippen molar-refractivity contribution in [1.29, 1.82) is 0 Å². The first-order valence-electron chi connectivity index (χ1n) is 11.3. The first-order chi connectivity index (χ1) is 15.3. The SMILES string of the molecule is Cc1cc(-c2cc(C(=O)NCC(CC(C)C)N3CCOCC3)c3c(C)noc3n2)c(C)o1. The molecule has 0 radical (unpaired) electrons. The number of carbonyl (C=O) groups excluding carboxylic acids is 1. The summed E-state index contributed by atoms with van der Waals surface area (Å²) in [5.41, 5.74) is 3.01. The van der Waals surface area contributed by atoms with Crippen LogP contribution < -0.4 is 5.32 Å². The number of hydrogen-bond acceptors (Lipinski definition) is 7. The van der Waals surface area contributed by atoms with Crippen LogP contribution in [0.5, 0.6) is 0 Å². The lowest BCUT2D eigenvalue weighted by Gasteiger charge is -2.35. The molecule has 1 amide bonds.